The zero-order valence-corrected chi connectivity index (χ0v) is 11.0. The van der Waals surface area contributed by atoms with Crippen LogP contribution in [-0.4, -0.2) is 24.5 Å². The van der Waals surface area contributed by atoms with Crippen LogP contribution < -0.4 is 10.8 Å². The van der Waals surface area contributed by atoms with Crippen molar-refractivity contribution < 1.29 is 9.53 Å². The van der Waals surface area contributed by atoms with E-state index in [1.807, 2.05) is 26.8 Å². The van der Waals surface area contributed by atoms with E-state index in [4.69, 9.17) is 12.6 Å². The predicted octanol–water partition coefficient (Wildman–Crippen LogP) is 1.39. The Morgan fingerprint density at radius 2 is 2.28 bits per heavy atom. The number of nitrogens with zero attached hydrogens (tertiary/aromatic N) is 1. The zero-order chi connectivity index (χ0) is 13.3. The van der Waals surface area contributed by atoms with Crippen molar-refractivity contribution in [3.05, 3.63) is 23.5 Å². The van der Waals surface area contributed by atoms with E-state index < -0.39 is 11.7 Å². The number of nitrogens with one attached hydrogen (secondary N) is 1. The number of rotatable bonds is 1. The Balaban J connectivity index is 2.04. The summed E-state index contributed by atoms with van der Waals surface area (Å²) in [7, 11) is 5.69. The number of ether oxygens (including phenoxy) is 1. The molecule has 18 heavy (non-hydrogen) atoms. The minimum Gasteiger partial charge on any atom is -0.444 e. The van der Waals surface area contributed by atoms with Crippen molar-refractivity contribution in [1.29, 1.82) is 0 Å². The van der Waals surface area contributed by atoms with Gasteiger partial charge in [-0.1, -0.05) is 11.5 Å². The third kappa shape index (κ3) is 3.03. The van der Waals surface area contributed by atoms with Crippen LogP contribution in [0.25, 0.3) is 0 Å². The molecule has 1 heterocycles. The van der Waals surface area contributed by atoms with Gasteiger partial charge < -0.3 is 10.1 Å². The molecule has 2 rings (SSSR count). The molecule has 4 nitrogen and oxygen atoms in total. The number of carbonyl (C=O) groups excluding carboxylic acids is 1. The van der Waals surface area contributed by atoms with Crippen LogP contribution in [0, 0.1) is 0 Å². The van der Waals surface area contributed by atoms with Gasteiger partial charge in [0.2, 0.25) is 0 Å². The molecule has 0 fully saturated rings. The Hall–Kier alpha value is -1.52. The number of aromatic nitrogens is 1. The number of aryl methyl sites for hydroxylation is 1. The minimum absolute atomic E-state index is 0.0737. The van der Waals surface area contributed by atoms with Crippen molar-refractivity contribution in [2.75, 3.05) is 0 Å². The number of amides is 1. The summed E-state index contributed by atoms with van der Waals surface area (Å²) in [5.41, 5.74) is 2.18. The lowest BCUT2D eigenvalue weighted by molar-refractivity contribution is 0.0503. The van der Waals surface area contributed by atoms with Crippen molar-refractivity contribution in [3.8, 4) is 0 Å². The van der Waals surface area contributed by atoms with E-state index in [1.165, 1.54) is 0 Å². The summed E-state index contributed by atoms with van der Waals surface area (Å²) < 4.78 is 5.24. The fraction of sp³-hybridized carbons (Fsp3) is 0.538. The number of carbonyl (C=O) groups is 1. The Morgan fingerprint density at radius 1 is 1.56 bits per heavy atom. The molecule has 1 unspecified atom stereocenters. The van der Waals surface area contributed by atoms with Gasteiger partial charge in [-0.25, -0.2) is 4.79 Å². The van der Waals surface area contributed by atoms with E-state index in [2.05, 4.69) is 10.3 Å². The van der Waals surface area contributed by atoms with E-state index in [0.29, 0.717) is 5.46 Å². The normalized spacial score (nSPS) is 18.3. The molecule has 1 amide bonds. The Kier molecular flexibility index (Phi) is 3.33. The van der Waals surface area contributed by atoms with Gasteiger partial charge >= 0.3 is 6.09 Å². The van der Waals surface area contributed by atoms with Crippen LogP contribution in [0.2, 0.25) is 0 Å². The molecule has 1 aromatic heterocycles. The highest BCUT2D eigenvalue weighted by atomic mass is 16.6. The van der Waals surface area contributed by atoms with Gasteiger partial charge in [-0.3, -0.25) is 4.98 Å². The second-order valence-electron chi connectivity index (χ2n) is 5.55. The van der Waals surface area contributed by atoms with Crippen molar-refractivity contribution in [2.24, 2.45) is 0 Å². The third-order valence-electron chi connectivity index (χ3n) is 2.75. The summed E-state index contributed by atoms with van der Waals surface area (Å²) in [5.74, 6) is 0. The highest BCUT2D eigenvalue weighted by molar-refractivity contribution is 6.32. The summed E-state index contributed by atoms with van der Waals surface area (Å²) >= 11 is 0. The molecule has 0 aliphatic heterocycles. The van der Waals surface area contributed by atoms with Gasteiger partial charge in [-0.2, -0.15) is 0 Å². The molecule has 2 radical (unpaired) electrons. The van der Waals surface area contributed by atoms with Crippen LogP contribution in [0.4, 0.5) is 4.79 Å². The minimum atomic E-state index is -0.486. The summed E-state index contributed by atoms with van der Waals surface area (Å²) in [6, 6.07) is 1.84. The average Bonchev–Trinajstić information content (AvgIpc) is 2.57. The summed E-state index contributed by atoms with van der Waals surface area (Å²) in [5, 5.41) is 2.85. The van der Waals surface area contributed by atoms with Crippen LogP contribution >= 0.6 is 0 Å². The average molecular weight is 244 g/mol. The van der Waals surface area contributed by atoms with Crippen LogP contribution in [-0.2, 0) is 11.2 Å². The highest BCUT2D eigenvalue weighted by Gasteiger charge is 2.27. The molecule has 1 aliphatic carbocycles. The topological polar surface area (TPSA) is 51.2 Å². The van der Waals surface area contributed by atoms with Crippen LogP contribution in [0.15, 0.2) is 12.3 Å². The van der Waals surface area contributed by atoms with E-state index in [-0.39, 0.29) is 6.04 Å². The number of alkyl carbamates (subject to hydrolysis) is 1. The van der Waals surface area contributed by atoms with Gasteiger partial charge in [-0.15, -0.1) is 0 Å². The molecular weight excluding hydrogens is 227 g/mol. The summed E-state index contributed by atoms with van der Waals surface area (Å²) in [4.78, 5) is 16.0. The molecule has 1 atom stereocenters. The molecule has 1 N–H and O–H groups in total. The summed E-state index contributed by atoms with van der Waals surface area (Å²) in [6.45, 7) is 5.52. The number of fused-ring (bicyclic) bond motifs is 1. The lowest BCUT2D eigenvalue weighted by atomic mass is 9.96. The lowest BCUT2D eigenvalue weighted by Gasteiger charge is -2.21. The van der Waals surface area contributed by atoms with Crippen molar-refractivity contribution >= 4 is 19.4 Å². The molecule has 94 valence electrons. The van der Waals surface area contributed by atoms with E-state index >= 15 is 0 Å². The van der Waals surface area contributed by atoms with Gasteiger partial charge in [0.1, 0.15) is 13.4 Å². The lowest BCUT2D eigenvalue weighted by Crippen LogP contribution is -2.34. The molecule has 0 aromatic carbocycles. The maximum absolute atomic E-state index is 11.7. The van der Waals surface area contributed by atoms with Gasteiger partial charge in [0.25, 0.3) is 0 Å². The molecular formula is C13H17BN2O2. The molecule has 0 spiro atoms. The Labute approximate surface area is 109 Å². The van der Waals surface area contributed by atoms with Crippen molar-refractivity contribution in [2.45, 2.75) is 45.3 Å². The fourth-order valence-corrected chi connectivity index (χ4v) is 2.08. The predicted molar refractivity (Wildman–Crippen MR) is 70.1 cm³/mol. The largest absolute Gasteiger partial charge is 0.444 e. The first-order valence-electron chi connectivity index (χ1n) is 6.09. The molecule has 0 saturated heterocycles. The smallest absolute Gasteiger partial charge is 0.408 e. The van der Waals surface area contributed by atoms with Gasteiger partial charge in [0, 0.05) is 6.20 Å². The first-order chi connectivity index (χ1) is 8.35. The Bertz CT molecular complexity index is 469. The molecule has 1 aromatic rings. The maximum atomic E-state index is 11.7. The standard InChI is InChI=1S/C13H17BN2O2/c1-13(2,3)18-12(17)16-10-5-4-8-6-9(14)7-15-11(8)10/h6-7,10H,4-5H2,1-3H3,(H,16,17). The number of pyridine rings is 1. The number of hydrogen-bond acceptors (Lipinski definition) is 3. The zero-order valence-electron chi connectivity index (χ0n) is 11.0. The van der Waals surface area contributed by atoms with Gasteiger partial charge in [-0.05, 0) is 39.2 Å². The van der Waals surface area contributed by atoms with Crippen molar-refractivity contribution in [1.82, 2.24) is 10.3 Å². The van der Waals surface area contributed by atoms with Crippen LogP contribution in [0.1, 0.15) is 44.5 Å². The van der Waals surface area contributed by atoms with Crippen LogP contribution in [0.5, 0.6) is 0 Å². The first-order valence-corrected chi connectivity index (χ1v) is 6.09. The molecule has 0 saturated carbocycles. The van der Waals surface area contributed by atoms with Gasteiger partial charge in [0.15, 0.2) is 0 Å². The van der Waals surface area contributed by atoms with Gasteiger partial charge in [0.05, 0.1) is 11.7 Å². The molecule has 5 heteroatoms. The molecule has 0 bridgehead atoms. The maximum Gasteiger partial charge on any atom is 0.408 e. The second-order valence-corrected chi connectivity index (χ2v) is 5.55. The third-order valence-corrected chi connectivity index (χ3v) is 2.75. The SMILES string of the molecule is [B]c1cnc2c(c1)CCC2NC(=O)OC(C)(C)C. The summed E-state index contributed by atoms with van der Waals surface area (Å²) in [6.07, 6.45) is 2.94. The molecule has 1 aliphatic rings. The number of hydrogen-bond donors (Lipinski definition) is 1. The van der Waals surface area contributed by atoms with E-state index in [0.717, 1.165) is 24.1 Å². The monoisotopic (exact) mass is 244 g/mol. The second kappa shape index (κ2) is 4.63. The fourth-order valence-electron chi connectivity index (χ4n) is 2.08. The van der Waals surface area contributed by atoms with Crippen LogP contribution in [0.3, 0.4) is 0 Å². The first kappa shape index (κ1) is 12.9. The quantitative estimate of drug-likeness (QED) is 0.759. The van der Waals surface area contributed by atoms with Crippen molar-refractivity contribution in [3.63, 3.8) is 0 Å². The Morgan fingerprint density at radius 3 is 2.94 bits per heavy atom. The van der Waals surface area contributed by atoms with E-state index in [9.17, 15) is 4.79 Å². The highest BCUT2D eigenvalue weighted by Crippen LogP contribution is 2.28. The van der Waals surface area contributed by atoms with E-state index in [1.54, 1.807) is 6.20 Å².